The van der Waals surface area contributed by atoms with Gasteiger partial charge in [0.15, 0.2) is 0 Å². The van der Waals surface area contributed by atoms with Gasteiger partial charge in [-0.15, -0.1) is 0 Å². The number of rotatable bonds is 5. The van der Waals surface area contributed by atoms with Crippen LogP contribution in [0.5, 0.6) is 11.5 Å². The van der Waals surface area contributed by atoms with Crippen molar-refractivity contribution >= 4 is 23.2 Å². The molecule has 1 amide bonds. The number of hydrogen-bond acceptors (Lipinski definition) is 4. The minimum atomic E-state index is -0.339. The Morgan fingerprint density at radius 2 is 1.92 bits per heavy atom. The summed E-state index contributed by atoms with van der Waals surface area (Å²) in [5.74, 6) is 0.796. The number of carbonyl (C=O) groups excluding carboxylic acids is 1. The van der Waals surface area contributed by atoms with Crippen LogP contribution in [-0.4, -0.2) is 30.3 Å². The van der Waals surface area contributed by atoms with E-state index in [0.29, 0.717) is 33.6 Å². The summed E-state index contributed by atoms with van der Waals surface area (Å²) in [4.78, 5) is 12.5. The van der Waals surface area contributed by atoms with E-state index in [1.54, 1.807) is 37.4 Å². The summed E-state index contributed by atoms with van der Waals surface area (Å²) in [6.45, 7) is 0. The van der Waals surface area contributed by atoms with Crippen LogP contribution in [0.15, 0.2) is 48.5 Å². The molecule has 0 saturated heterocycles. The first-order chi connectivity index (χ1) is 12.1. The number of anilines is 1. The molecule has 6 nitrogen and oxygen atoms in total. The number of halogens is 1. The molecule has 128 valence electrons. The zero-order valence-electron chi connectivity index (χ0n) is 13.7. The molecule has 2 N–H and O–H groups in total. The van der Waals surface area contributed by atoms with Crippen LogP contribution in [0.3, 0.4) is 0 Å². The van der Waals surface area contributed by atoms with Crippen LogP contribution in [0.25, 0.3) is 11.3 Å². The molecule has 0 radical (unpaired) electrons. The van der Waals surface area contributed by atoms with Gasteiger partial charge in [-0.25, -0.2) is 0 Å². The number of methoxy groups -OCH3 is 2. The van der Waals surface area contributed by atoms with Crippen molar-refractivity contribution < 1.29 is 14.3 Å². The fourth-order valence-corrected chi connectivity index (χ4v) is 2.57. The number of nitrogens with one attached hydrogen (secondary N) is 2. The molecular formula is C18H16ClN3O3. The van der Waals surface area contributed by atoms with E-state index < -0.39 is 0 Å². The molecule has 0 spiro atoms. The monoisotopic (exact) mass is 357 g/mol. The molecule has 0 unspecified atom stereocenters. The quantitative estimate of drug-likeness (QED) is 0.723. The predicted molar refractivity (Wildman–Crippen MR) is 96.5 cm³/mol. The third-order valence-electron chi connectivity index (χ3n) is 3.63. The van der Waals surface area contributed by atoms with Crippen LogP contribution < -0.4 is 14.8 Å². The van der Waals surface area contributed by atoms with Crippen LogP contribution in [0.1, 0.15) is 10.5 Å². The van der Waals surface area contributed by atoms with Crippen molar-refractivity contribution in [3.05, 3.63) is 59.2 Å². The highest BCUT2D eigenvalue weighted by Crippen LogP contribution is 2.30. The van der Waals surface area contributed by atoms with Crippen LogP contribution in [0.4, 0.5) is 5.69 Å². The van der Waals surface area contributed by atoms with Crippen LogP contribution in [-0.2, 0) is 0 Å². The van der Waals surface area contributed by atoms with Gasteiger partial charge in [0, 0.05) is 11.6 Å². The first-order valence-electron chi connectivity index (χ1n) is 7.46. The molecule has 0 saturated carbocycles. The van der Waals surface area contributed by atoms with Gasteiger partial charge >= 0.3 is 0 Å². The molecule has 7 heteroatoms. The zero-order valence-corrected chi connectivity index (χ0v) is 14.4. The minimum Gasteiger partial charge on any atom is -0.497 e. The molecule has 25 heavy (non-hydrogen) atoms. The maximum absolute atomic E-state index is 12.5. The Hall–Kier alpha value is -2.99. The molecule has 0 fully saturated rings. The van der Waals surface area contributed by atoms with Gasteiger partial charge in [0.2, 0.25) is 0 Å². The van der Waals surface area contributed by atoms with Gasteiger partial charge in [-0.05, 0) is 24.3 Å². The Balaban J connectivity index is 1.82. The molecule has 3 rings (SSSR count). The van der Waals surface area contributed by atoms with E-state index >= 15 is 0 Å². The van der Waals surface area contributed by atoms with Crippen LogP contribution in [0, 0.1) is 0 Å². The van der Waals surface area contributed by atoms with Crippen molar-refractivity contribution in [1.29, 1.82) is 0 Å². The van der Waals surface area contributed by atoms with Crippen molar-refractivity contribution in [2.24, 2.45) is 0 Å². The second kappa shape index (κ2) is 7.27. The van der Waals surface area contributed by atoms with E-state index in [4.69, 9.17) is 21.1 Å². The van der Waals surface area contributed by atoms with E-state index in [0.717, 1.165) is 5.56 Å². The number of ether oxygens (including phenoxy) is 2. The molecule has 3 aromatic rings. The summed E-state index contributed by atoms with van der Waals surface area (Å²) in [5.41, 5.74) is 2.19. The maximum Gasteiger partial charge on any atom is 0.273 e. The van der Waals surface area contributed by atoms with Crippen molar-refractivity contribution in [2.75, 3.05) is 19.5 Å². The Labute approximate surface area is 149 Å². The summed E-state index contributed by atoms with van der Waals surface area (Å²) >= 11 is 6.16. The minimum absolute atomic E-state index is 0.313. The molecule has 1 aromatic heterocycles. The fraction of sp³-hybridized carbons (Fsp3) is 0.111. The molecular weight excluding hydrogens is 342 g/mol. The third kappa shape index (κ3) is 3.59. The standard InChI is InChI=1S/C18H16ClN3O3/c1-24-11-7-8-14(17(9-11)25-2)20-18(23)16-10-15(21-22-16)12-5-3-4-6-13(12)19/h3-10H,1-2H3,(H,20,23)(H,21,22). The van der Waals surface area contributed by atoms with Crippen LogP contribution >= 0.6 is 11.6 Å². The number of hydrogen-bond donors (Lipinski definition) is 2. The molecule has 0 bridgehead atoms. The number of H-pyrrole nitrogens is 1. The second-order valence-corrected chi connectivity index (χ2v) is 5.57. The van der Waals surface area contributed by atoms with Gasteiger partial charge in [0.25, 0.3) is 5.91 Å². The van der Waals surface area contributed by atoms with Crippen LogP contribution in [0.2, 0.25) is 5.02 Å². The van der Waals surface area contributed by atoms with Gasteiger partial charge < -0.3 is 14.8 Å². The second-order valence-electron chi connectivity index (χ2n) is 5.17. The highest BCUT2D eigenvalue weighted by atomic mass is 35.5. The Bertz CT molecular complexity index is 908. The number of nitrogens with zero attached hydrogens (tertiary/aromatic N) is 1. The number of amides is 1. The molecule has 0 atom stereocenters. The molecule has 0 aliphatic carbocycles. The van der Waals surface area contributed by atoms with E-state index in [-0.39, 0.29) is 5.91 Å². The van der Waals surface area contributed by atoms with Crippen molar-refractivity contribution in [3.63, 3.8) is 0 Å². The molecule has 2 aromatic carbocycles. The summed E-state index contributed by atoms with van der Waals surface area (Å²) in [7, 11) is 3.09. The lowest BCUT2D eigenvalue weighted by molar-refractivity contribution is 0.102. The Morgan fingerprint density at radius 3 is 2.64 bits per heavy atom. The highest BCUT2D eigenvalue weighted by molar-refractivity contribution is 6.33. The lowest BCUT2D eigenvalue weighted by Gasteiger charge is -2.10. The van der Waals surface area contributed by atoms with Crippen molar-refractivity contribution in [3.8, 4) is 22.8 Å². The third-order valence-corrected chi connectivity index (χ3v) is 3.96. The number of carbonyl (C=O) groups is 1. The SMILES string of the molecule is COc1ccc(NC(=O)c2cc(-c3ccccc3Cl)n[nH]2)c(OC)c1. The molecule has 0 aliphatic heterocycles. The smallest absolute Gasteiger partial charge is 0.273 e. The lowest BCUT2D eigenvalue weighted by atomic mass is 10.1. The Kier molecular flexibility index (Phi) is 4.90. The van der Waals surface area contributed by atoms with Gasteiger partial charge in [-0.1, -0.05) is 29.8 Å². The van der Waals surface area contributed by atoms with Gasteiger partial charge in [-0.3, -0.25) is 9.89 Å². The zero-order chi connectivity index (χ0) is 17.8. The average Bonchev–Trinajstić information content (AvgIpc) is 3.12. The first-order valence-corrected chi connectivity index (χ1v) is 7.84. The Morgan fingerprint density at radius 1 is 1.12 bits per heavy atom. The normalized spacial score (nSPS) is 10.4. The lowest BCUT2D eigenvalue weighted by Crippen LogP contribution is -2.13. The van der Waals surface area contributed by atoms with E-state index in [1.807, 2.05) is 18.2 Å². The number of benzene rings is 2. The predicted octanol–water partition coefficient (Wildman–Crippen LogP) is 4.00. The topological polar surface area (TPSA) is 76.2 Å². The number of aromatic amines is 1. The van der Waals surface area contributed by atoms with Gasteiger partial charge in [-0.2, -0.15) is 5.10 Å². The number of aromatic nitrogens is 2. The molecule has 0 aliphatic rings. The van der Waals surface area contributed by atoms with Crippen molar-refractivity contribution in [2.45, 2.75) is 0 Å². The van der Waals surface area contributed by atoms with E-state index in [9.17, 15) is 4.79 Å². The summed E-state index contributed by atoms with van der Waals surface area (Å²) in [6.07, 6.45) is 0. The summed E-state index contributed by atoms with van der Waals surface area (Å²) < 4.78 is 10.4. The highest BCUT2D eigenvalue weighted by Gasteiger charge is 2.15. The van der Waals surface area contributed by atoms with E-state index in [2.05, 4.69) is 15.5 Å². The average molecular weight is 358 g/mol. The summed E-state index contributed by atoms with van der Waals surface area (Å²) in [5, 5.41) is 10.2. The largest absolute Gasteiger partial charge is 0.497 e. The van der Waals surface area contributed by atoms with Crippen molar-refractivity contribution in [1.82, 2.24) is 10.2 Å². The van der Waals surface area contributed by atoms with Gasteiger partial charge in [0.05, 0.1) is 30.6 Å². The fourth-order valence-electron chi connectivity index (χ4n) is 2.34. The summed E-state index contributed by atoms with van der Waals surface area (Å²) in [6, 6.07) is 14.1. The molecule has 1 heterocycles. The van der Waals surface area contributed by atoms with Gasteiger partial charge in [0.1, 0.15) is 17.2 Å². The first kappa shape index (κ1) is 16.9. The van der Waals surface area contributed by atoms with E-state index in [1.165, 1.54) is 7.11 Å². The maximum atomic E-state index is 12.5.